The predicted octanol–water partition coefficient (Wildman–Crippen LogP) is 4.31. The summed E-state index contributed by atoms with van der Waals surface area (Å²) in [5, 5.41) is 0. The number of rotatable bonds is 4. The van der Waals surface area contributed by atoms with E-state index in [0.29, 0.717) is 16.9 Å². The van der Waals surface area contributed by atoms with Gasteiger partial charge in [-0.15, -0.1) is 6.58 Å². The molecule has 0 saturated heterocycles. The van der Waals surface area contributed by atoms with Crippen molar-refractivity contribution >= 4 is 27.5 Å². The van der Waals surface area contributed by atoms with Crippen LogP contribution in [0, 0.1) is 19.7 Å². The number of allylic oxidation sites excluding steroid dienone is 1. The van der Waals surface area contributed by atoms with E-state index in [2.05, 4.69) is 17.6 Å². The Kier molecular flexibility index (Phi) is 4.95. The van der Waals surface area contributed by atoms with Crippen molar-refractivity contribution in [2.45, 2.75) is 26.8 Å². The Hall–Kier alpha value is -2.53. The van der Waals surface area contributed by atoms with Crippen LogP contribution >= 0.6 is 11.3 Å². The predicted molar refractivity (Wildman–Crippen MR) is 100 cm³/mol. The third-order valence-electron chi connectivity index (χ3n) is 4.02. The molecule has 5 heteroatoms. The average molecular weight is 354 g/mol. The fourth-order valence-corrected chi connectivity index (χ4v) is 3.90. The summed E-state index contributed by atoms with van der Waals surface area (Å²) in [6.07, 6.45) is 1.91. The summed E-state index contributed by atoms with van der Waals surface area (Å²) in [7, 11) is 0. The minimum atomic E-state index is -0.320. The second-order valence-electron chi connectivity index (χ2n) is 5.98. The van der Waals surface area contributed by atoms with Crippen molar-refractivity contribution in [3.05, 3.63) is 76.4 Å². The molecule has 0 fully saturated rings. The van der Waals surface area contributed by atoms with E-state index in [1.54, 1.807) is 16.7 Å². The quantitative estimate of drug-likeness (QED) is 0.643. The van der Waals surface area contributed by atoms with Gasteiger partial charge in [0.05, 0.1) is 16.6 Å². The van der Waals surface area contributed by atoms with Crippen LogP contribution < -0.4 is 4.80 Å². The Labute approximate surface area is 149 Å². The molecule has 1 amide bonds. The smallest absolute Gasteiger partial charge is 0.252 e. The lowest BCUT2D eigenvalue weighted by Gasteiger charge is -2.04. The lowest BCUT2D eigenvalue weighted by atomic mass is 10.0. The van der Waals surface area contributed by atoms with E-state index in [1.165, 1.54) is 17.4 Å². The van der Waals surface area contributed by atoms with Crippen LogP contribution in [0.25, 0.3) is 10.2 Å². The summed E-state index contributed by atoms with van der Waals surface area (Å²) in [4.78, 5) is 17.2. The Balaban J connectivity index is 2.02. The van der Waals surface area contributed by atoms with Crippen molar-refractivity contribution in [3.63, 3.8) is 0 Å². The standard InChI is InChI=1S/C20H19FN2OS/c1-4-10-23-19-16(21)6-5-7-17(19)25-20(23)22-18(24)12-15-9-8-13(2)11-14(15)3/h4-9,11H,1,10,12H2,2-3H3. The van der Waals surface area contributed by atoms with Gasteiger partial charge < -0.3 is 4.57 Å². The zero-order valence-corrected chi connectivity index (χ0v) is 15.1. The molecule has 0 bridgehead atoms. The van der Waals surface area contributed by atoms with Crippen LogP contribution in [0.1, 0.15) is 16.7 Å². The van der Waals surface area contributed by atoms with E-state index < -0.39 is 0 Å². The average Bonchev–Trinajstić information content (AvgIpc) is 2.89. The van der Waals surface area contributed by atoms with Gasteiger partial charge in [-0.3, -0.25) is 4.79 Å². The van der Waals surface area contributed by atoms with Gasteiger partial charge in [0.1, 0.15) is 5.82 Å². The van der Waals surface area contributed by atoms with Crippen LogP contribution in [-0.2, 0) is 17.8 Å². The molecule has 3 rings (SSSR count). The Bertz CT molecular complexity index is 1030. The van der Waals surface area contributed by atoms with Gasteiger partial charge in [0, 0.05) is 6.54 Å². The number of hydrogen-bond donors (Lipinski definition) is 0. The van der Waals surface area contributed by atoms with Gasteiger partial charge in [-0.2, -0.15) is 4.99 Å². The van der Waals surface area contributed by atoms with Gasteiger partial charge in [0.2, 0.25) is 0 Å². The number of thiazole rings is 1. The molecule has 0 saturated carbocycles. The Morgan fingerprint density at radius 1 is 1.32 bits per heavy atom. The normalized spacial score (nSPS) is 11.9. The molecule has 0 unspecified atom stereocenters. The molecule has 128 valence electrons. The lowest BCUT2D eigenvalue weighted by molar-refractivity contribution is -0.117. The number of fused-ring (bicyclic) bond motifs is 1. The molecule has 0 aliphatic carbocycles. The highest BCUT2D eigenvalue weighted by atomic mass is 32.1. The number of aromatic nitrogens is 1. The molecule has 0 spiro atoms. The molecule has 1 heterocycles. The van der Waals surface area contributed by atoms with Crippen LogP contribution in [-0.4, -0.2) is 10.5 Å². The first-order valence-electron chi connectivity index (χ1n) is 8.02. The number of aryl methyl sites for hydroxylation is 2. The van der Waals surface area contributed by atoms with Crippen molar-refractivity contribution in [1.82, 2.24) is 4.57 Å². The number of para-hydroxylation sites is 1. The first-order valence-corrected chi connectivity index (χ1v) is 8.83. The maximum atomic E-state index is 14.2. The van der Waals surface area contributed by atoms with Gasteiger partial charge in [-0.1, -0.05) is 47.2 Å². The highest BCUT2D eigenvalue weighted by Crippen LogP contribution is 2.20. The van der Waals surface area contributed by atoms with Crippen LogP contribution in [0.2, 0.25) is 0 Å². The largest absolute Gasteiger partial charge is 0.310 e. The number of amides is 1. The monoisotopic (exact) mass is 354 g/mol. The van der Waals surface area contributed by atoms with Gasteiger partial charge in [-0.05, 0) is 37.1 Å². The van der Waals surface area contributed by atoms with E-state index in [1.807, 2.05) is 32.0 Å². The molecule has 25 heavy (non-hydrogen) atoms. The molecule has 0 radical (unpaired) electrons. The summed E-state index contributed by atoms with van der Waals surface area (Å²) >= 11 is 1.31. The fraction of sp³-hybridized carbons (Fsp3) is 0.200. The molecule has 0 aliphatic heterocycles. The molecule has 2 aromatic carbocycles. The van der Waals surface area contributed by atoms with E-state index in [-0.39, 0.29) is 18.1 Å². The number of benzene rings is 2. The zero-order valence-electron chi connectivity index (χ0n) is 14.3. The van der Waals surface area contributed by atoms with Crippen molar-refractivity contribution in [1.29, 1.82) is 0 Å². The van der Waals surface area contributed by atoms with Crippen LogP contribution in [0.5, 0.6) is 0 Å². The molecular weight excluding hydrogens is 335 g/mol. The fourth-order valence-electron chi connectivity index (χ4n) is 2.82. The van der Waals surface area contributed by atoms with Crippen molar-refractivity contribution in [2.75, 3.05) is 0 Å². The van der Waals surface area contributed by atoms with E-state index in [9.17, 15) is 9.18 Å². The highest BCUT2D eigenvalue weighted by molar-refractivity contribution is 7.16. The summed E-state index contributed by atoms with van der Waals surface area (Å²) in [5.74, 6) is -0.560. The second kappa shape index (κ2) is 7.15. The maximum Gasteiger partial charge on any atom is 0.252 e. The number of hydrogen-bond acceptors (Lipinski definition) is 2. The molecule has 1 aromatic heterocycles. The highest BCUT2D eigenvalue weighted by Gasteiger charge is 2.11. The molecule has 3 nitrogen and oxygen atoms in total. The van der Waals surface area contributed by atoms with Gasteiger partial charge in [0.25, 0.3) is 5.91 Å². The third kappa shape index (κ3) is 3.61. The maximum absolute atomic E-state index is 14.2. The minimum Gasteiger partial charge on any atom is -0.310 e. The van der Waals surface area contributed by atoms with Crippen molar-refractivity contribution < 1.29 is 9.18 Å². The van der Waals surface area contributed by atoms with Crippen LogP contribution in [0.4, 0.5) is 4.39 Å². The topological polar surface area (TPSA) is 34.4 Å². The summed E-state index contributed by atoms with van der Waals surface area (Å²) in [6.45, 7) is 8.12. The van der Waals surface area contributed by atoms with E-state index >= 15 is 0 Å². The molecule has 3 aromatic rings. The third-order valence-corrected chi connectivity index (χ3v) is 5.07. The van der Waals surface area contributed by atoms with Gasteiger partial charge in [0.15, 0.2) is 4.80 Å². The molecule has 0 atom stereocenters. The van der Waals surface area contributed by atoms with Crippen molar-refractivity contribution in [3.8, 4) is 0 Å². The number of carbonyl (C=O) groups excluding carboxylic acids is 1. The van der Waals surface area contributed by atoms with Gasteiger partial charge in [-0.25, -0.2) is 4.39 Å². The zero-order chi connectivity index (χ0) is 18.0. The van der Waals surface area contributed by atoms with Crippen LogP contribution in [0.3, 0.4) is 0 Å². The van der Waals surface area contributed by atoms with Gasteiger partial charge >= 0.3 is 0 Å². The molecular formula is C20H19FN2OS. The number of nitrogens with zero attached hydrogens (tertiary/aromatic N) is 2. The summed E-state index contributed by atoms with van der Waals surface area (Å²) in [5.41, 5.74) is 3.66. The minimum absolute atomic E-state index is 0.233. The van der Waals surface area contributed by atoms with Crippen LogP contribution in [0.15, 0.2) is 54.0 Å². The lowest BCUT2D eigenvalue weighted by Crippen LogP contribution is -2.17. The Morgan fingerprint density at radius 3 is 2.84 bits per heavy atom. The van der Waals surface area contributed by atoms with Crippen molar-refractivity contribution in [2.24, 2.45) is 4.99 Å². The van der Waals surface area contributed by atoms with E-state index in [4.69, 9.17) is 0 Å². The first kappa shape index (κ1) is 17.3. The second-order valence-corrected chi connectivity index (χ2v) is 6.99. The SMILES string of the molecule is C=CCn1c(=NC(=O)Cc2ccc(C)cc2C)sc2cccc(F)c21. The molecule has 0 N–H and O–H groups in total. The molecule has 0 aliphatic rings. The summed E-state index contributed by atoms with van der Waals surface area (Å²) < 4.78 is 16.6. The first-order chi connectivity index (χ1) is 12.0. The van der Waals surface area contributed by atoms with E-state index in [0.717, 1.165) is 21.4 Å². The summed E-state index contributed by atoms with van der Waals surface area (Å²) in [6, 6.07) is 10.9. The number of carbonyl (C=O) groups is 1. The number of halogens is 1. The Morgan fingerprint density at radius 2 is 2.12 bits per heavy atom.